The van der Waals surface area contributed by atoms with Crippen molar-refractivity contribution in [3.8, 4) is 16.9 Å². The Labute approximate surface area is 241 Å². The molecule has 0 aliphatic carbocycles. The van der Waals surface area contributed by atoms with Crippen LogP contribution in [0.15, 0.2) is 54.6 Å². The summed E-state index contributed by atoms with van der Waals surface area (Å²) >= 11 is 0. The highest BCUT2D eigenvalue weighted by atomic mass is 19.4. The van der Waals surface area contributed by atoms with Crippen molar-refractivity contribution in [2.75, 3.05) is 7.11 Å². The van der Waals surface area contributed by atoms with Gasteiger partial charge in [0.05, 0.1) is 29.8 Å². The molecule has 1 aliphatic rings. The smallest absolute Gasteiger partial charge is 0.416 e. The topological polar surface area (TPSA) is 38.8 Å². The summed E-state index contributed by atoms with van der Waals surface area (Å²) in [6, 6.07) is 7.92. The molecular formula is C30H26F9NO3. The molecule has 0 unspecified atom stereocenters. The number of carbonyl (C=O) groups is 1. The number of ether oxygens (including phenoxy) is 2. The number of hydrogen-bond acceptors (Lipinski definition) is 3. The first-order valence-corrected chi connectivity index (χ1v) is 13.0. The number of benzene rings is 3. The lowest BCUT2D eigenvalue weighted by Gasteiger charge is -2.24. The van der Waals surface area contributed by atoms with Gasteiger partial charge in [-0.05, 0) is 72.0 Å². The van der Waals surface area contributed by atoms with Gasteiger partial charge in [-0.1, -0.05) is 26.0 Å². The normalized spacial score (nSPS) is 17.9. The van der Waals surface area contributed by atoms with Gasteiger partial charge >= 0.3 is 24.6 Å². The van der Waals surface area contributed by atoms with Gasteiger partial charge in [0.2, 0.25) is 0 Å². The van der Waals surface area contributed by atoms with E-state index >= 15 is 0 Å². The molecule has 0 N–H and O–H groups in total. The minimum absolute atomic E-state index is 0.0361. The Morgan fingerprint density at radius 2 is 1.37 bits per heavy atom. The third-order valence-electron chi connectivity index (χ3n) is 7.26. The van der Waals surface area contributed by atoms with Crippen LogP contribution < -0.4 is 4.74 Å². The molecule has 0 bridgehead atoms. The molecule has 0 spiro atoms. The molecule has 2 atom stereocenters. The van der Waals surface area contributed by atoms with Crippen LogP contribution in [0.4, 0.5) is 44.3 Å². The highest BCUT2D eigenvalue weighted by molar-refractivity contribution is 5.77. The summed E-state index contributed by atoms with van der Waals surface area (Å²) in [5.41, 5.74) is -3.22. The lowest BCUT2D eigenvalue weighted by Crippen LogP contribution is -2.31. The monoisotopic (exact) mass is 619 g/mol. The molecule has 0 radical (unpaired) electrons. The summed E-state index contributed by atoms with van der Waals surface area (Å²) in [4.78, 5) is 13.8. The second kappa shape index (κ2) is 11.3. The third kappa shape index (κ3) is 6.70. The number of rotatable bonds is 6. The molecular weight excluding hydrogens is 593 g/mol. The fourth-order valence-corrected chi connectivity index (χ4v) is 4.96. The van der Waals surface area contributed by atoms with E-state index in [0.717, 1.165) is 22.6 Å². The lowest BCUT2D eigenvalue weighted by molar-refractivity contribution is -0.143. The van der Waals surface area contributed by atoms with Crippen LogP contribution in [-0.4, -0.2) is 24.1 Å². The second-order valence-electron chi connectivity index (χ2n) is 10.5. The minimum atomic E-state index is -5.10. The first-order chi connectivity index (χ1) is 19.8. The Bertz CT molecular complexity index is 1480. The maximum absolute atomic E-state index is 13.8. The van der Waals surface area contributed by atoms with E-state index in [9.17, 15) is 44.3 Å². The van der Waals surface area contributed by atoms with E-state index in [2.05, 4.69) is 0 Å². The van der Waals surface area contributed by atoms with Crippen molar-refractivity contribution in [1.29, 1.82) is 0 Å². The van der Waals surface area contributed by atoms with Crippen LogP contribution in [0.25, 0.3) is 11.1 Å². The molecule has 4 nitrogen and oxygen atoms in total. The van der Waals surface area contributed by atoms with Gasteiger partial charge < -0.3 is 9.47 Å². The fourth-order valence-electron chi connectivity index (χ4n) is 4.96. The number of nitrogens with zero attached hydrogens (tertiary/aromatic N) is 1. The van der Waals surface area contributed by atoms with Gasteiger partial charge in [0.15, 0.2) is 0 Å². The van der Waals surface area contributed by atoms with Gasteiger partial charge in [-0.15, -0.1) is 0 Å². The van der Waals surface area contributed by atoms with E-state index in [1.807, 2.05) is 13.8 Å². The van der Waals surface area contributed by atoms with Crippen LogP contribution in [0, 0.1) is 0 Å². The Balaban J connectivity index is 1.81. The third-order valence-corrected chi connectivity index (χ3v) is 7.26. The first-order valence-electron chi connectivity index (χ1n) is 13.0. The maximum Gasteiger partial charge on any atom is 0.416 e. The molecule has 0 saturated carbocycles. The highest BCUT2D eigenvalue weighted by Gasteiger charge is 2.43. The van der Waals surface area contributed by atoms with Gasteiger partial charge in [-0.25, -0.2) is 4.79 Å². The Morgan fingerprint density at radius 3 is 1.88 bits per heavy atom. The molecule has 0 aromatic heterocycles. The zero-order chi connectivity index (χ0) is 32.1. The molecule has 4 rings (SSSR count). The average Bonchev–Trinajstić information content (AvgIpc) is 3.18. The second-order valence-corrected chi connectivity index (χ2v) is 10.5. The van der Waals surface area contributed by atoms with Gasteiger partial charge in [0, 0.05) is 17.7 Å². The van der Waals surface area contributed by atoms with Crippen LogP contribution in [-0.2, 0) is 29.8 Å². The SMILES string of the molecule is COc1ccc(C(C)C)cc1-c1ccc(C(F)(F)F)cc1[C@H]1OC(=O)N(Cc2cc(C(F)(F)F)cc(C(F)(F)F)c2)[C@@H]1C. The molecule has 1 saturated heterocycles. The molecule has 1 amide bonds. The average molecular weight is 620 g/mol. The molecule has 232 valence electrons. The zero-order valence-corrected chi connectivity index (χ0v) is 23.2. The van der Waals surface area contributed by atoms with Crippen molar-refractivity contribution in [3.05, 3.63) is 88.0 Å². The van der Waals surface area contributed by atoms with Crippen molar-refractivity contribution in [1.82, 2.24) is 4.90 Å². The summed E-state index contributed by atoms with van der Waals surface area (Å²) in [6.45, 7) is 4.50. The van der Waals surface area contributed by atoms with Crippen LogP contribution >= 0.6 is 0 Å². The summed E-state index contributed by atoms with van der Waals surface area (Å²) in [6.07, 6.45) is -17.5. The molecule has 1 heterocycles. The standard InChI is InChI=1S/C30H26F9NO3/c1-15(2)18-5-8-25(42-4)23(11-18)22-7-6-19(28(31,32)33)13-24(22)26-16(3)40(27(41)43-26)14-17-9-20(29(34,35)36)12-21(10-17)30(37,38)39/h5-13,15-16,26H,14H2,1-4H3/t16-,26+/m1/s1. The Morgan fingerprint density at radius 1 is 0.791 bits per heavy atom. The van der Waals surface area contributed by atoms with E-state index in [4.69, 9.17) is 9.47 Å². The molecule has 13 heteroatoms. The van der Waals surface area contributed by atoms with Gasteiger partial charge in [0.1, 0.15) is 11.9 Å². The maximum atomic E-state index is 13.8. The van der Waals surface area contributed by atoms with E-state index < -0.39 is 65.6 Å². The summed E-state index contributed by atoms with van der Waals surface area (Å²) in [7, 11) is 1.38. The summed E-state index contributed by atoms with van der Waals surface area (Å²) in [5, 5.41) is 0. The van der Waals surface area contributed by atoms with Gasteiger partial charge in [0.25, 0.3) is 0 Å². The molecule has 3 aromatic carbocycles. The molecule has 43 heavy (non-hydrogen) atoms. The van der Waals surface area contributed by atoms with E-state index in [1.54, 1.807) is 18.2 Å². The fraction of sp³-hybridized carbons (Fsp3) is 0.367. The number of hydrogen-bond donors (Lipinski definition) is 0. The van der Waals surface area contributed by atoms with Crippen LogP contribution in [0.1, 0.15) is 66.2 Å². The van der Waals surface area contributed by atoms with Crippen molar-refractivity contribution >= 4 is 6.09 Å². The van der Waals surface area contributed by atoms with Crippen molar-refractivity contribution in [2.45, 2.75) is 63.9 Å². The van der Waals surface area contributed by atoms with Crippen LogP contribution in [0.5, 0.6) is 5.75 Å². The van der Waals surface area contributed by atoms with Gasteiger partial charge in [-0.3, -0.25) is 4.90 Å². The van der Waals surface area contributed by atoms with Crippen molar-refractivity contribution < 1.29 is 53.8 Å². The highest BCUT2D eigenvalue weighted by Crippen LogP contribution is 2.45. The van der Waals surface area contributed by atoms with Crippen LogP contribution in [0.3, 0.4) is 0 Å². The lowest BCUT2D eigenvalue weighted by atomic mass is 9.89. The molecule has 1 fully saturated rings. The molecule has 1 aliphatic heterocycles. The number of halogens is 9. The van der Waals surface area contributed by atoms with E-state index in [-0.39, 0.29) is 23.1 Å². The molecule has 3 aromatic rings. The summed E-state index contributed by atoms with van der Waals surface area (Å²) in [5.74, 6) is 0.359. The minimum Gasteiger partial charge on any atom is -0.496 e. The number of cyclic esters (lactones) is 1. The van der Waals surface area contributed by atoms with Crippen LogP contribution in [0.2, 0.25) is 0 Å². The quantitative estimate of drug-likeness (QED) is 0.258. The Kier molecular flexibility index (Phi) is 8.42. The van der Waals surface area contributed by atoms with E-state index in [1.165, 1.54) is 20.1 Å². The zero-order valence-electron chi connectivity index (χ0n) is 23.2. The van der Waals surface area contributed by atoms with Crippen molar-refractivity contribution in [2.24, 2.45) is 0 Å². The van der Waals surface area contributed by atoms with E-state index in [0.29, 0.717) is 23.4 Å². The number of alkyl halides is 9. The predicted octanol–water partition coefficient (Wildman–Crippen LogP) is 9.62. The largest absolute Gasteiger partial charge is 0.496 e. The Hall–Kier alpha value is -3.90. The summed E-state index contributed by atoms with van der Waals surface area (Å²) < 4.78 is 133. The van der Waals surface area contributed by atoms with Gasteiger partial charge in [-0.2, -0.15) is 39.5 Å². The number of amides is 1. The first kappa shape index (κ1) is 32.0. The number of methoxy groups -OCH3 is 1. The predicted molar refractivity (Wildman–Crippen MR) is 138 cm³/mol. The number of carbonyl (C=O) groups excluding carboxylic acids is 1. The van der Waals surface area contributed by atoms with Crippen molar-refractivity contribution in [3.63, 3.8) is 0 Å².